The molecule has 0 radical (unpaired) electrons. The summed E-state index contributed by atoms with van der Waals surface area (Å²) in [4.78, 5) is 26.5. The van der Waals surface area contributed by atoms with Crippen LogP contribution >= 0.6 is 22.7 Å². The lowest BCUT2D eigenvalue weighted by Crippen LogP contribution is -2.11. The van der Waals surface area contributed by atoms with Gasteiger partial charge < -0.3 is 4.74 Å². The van der Waals surface area contributed by atoms with E-state index in [9.17, 15) is 4.79 Å². The van der Waals surface area contributed by atoms with Crippen LogP contribution in [0, 0.1) is 6.92 Å². The number of aromatic nitrogens is 3. The minimum Gasteiger partial charge on any atom is -0.497 e. The van der Waals surface area contributed by atoms with Gasteiger partial charge in [0.05, 0.1) is 23.5 Å². The van der Waals surface area contributed by atoms with Gasteiger partial charge >= 0.3 is 0 Å². The van der Waals surface area contributed by atoms with Gasteiger partial charge in [0.1, 0.15) is 10.6 Å². The summed E-state index contributed by atoms with van der Waals surface area (Å²) in [5.74, 6) is 0.542. The van der Waals surface area contributed by atoms with Gasteiger partial charge in [-0.15, -0.1) is 22.7 Å². The maximum Gasteiger partial charge on any atom is 0.269 e. The fraction of sp³-hybridized carbons (Fsp3) is 0.100. The van der Waals surface area contributed by atoms with E-state index in [0.717, 1.165) is 27.6 Å². The molecule has 0 fully saturated rings. The molecule has 1 N–H and O–H groups in total. The molecule has 28 heavy (non-hydrogen) atoms. The van der Waals surface area contributed by atoms with Gasteiger partial charge in [0, 0.05) is 28.9 Å². The molecule has 0 saturated carbocycles. The van der Waals surface area contributed by atoms with Crippen LogP contribution in [0.5, 0.6) is 5.75 Å². The zero-order valence-corrected chi connectivity index (χ0v) is 16.8. The topological polar surface area (TPSA) is 77.0 Å². The van der Waals surface area contributed by atoms with Crippen LogP contribution in [0.3, 0.4) is 0 Å². The molecule has 0 unspecified atom stereocenters. The molecule has 0 saturated heterocycles. The fourth-order valence-corrected chi connectivity index (χ4v) is 4.22. The lowest BCUT2D eigenvalue weighted by molar-refractivity contribution is 0.103. The van der Waals surface area contributed by atoms with Crippen LogP contribution in [0.4, 0.5) is 5.13 Å². The molecule has 0 spiro atoms. The van der Waals surface area contributed by atoms with Crippen molar-refractivity contribution in [1.29, 1.82) is 0 Å². The molecule has 0 aliphatic rings. The second kappa shape index (κ2) is 7.87. The van der Waals surface area contributed by atoms with E-state index in [1.54, 1.807) is 19.5 Å². The van der Waals surface area contributed by atoms with Gasteiger partial charge in [-0.05, 0) is 43.3 Å². The third-order valence-corrected chi connectivity index (χ3v) is 5.73. The Morgan fingerprint density at radius 3 is 2.50 bits per heavy atom. The van der Waals surface area contributed by atoms with Crippen molar-refractivity contribution in [2.75, 3.05) is 12.4 Å². The first kappa shape index (κ1) is 18.3. The Morgan fingerprint density at radius 1 is 1.04 bits per heavy atom. The summed E-state index contributed by atoms with van der Waals surface area (Å²) in [6, 6.07) is 11.3. The van der Waals surface area contributed by atoms with Crippen molar-refractivity contribution in [3.8, 4) is 28.3 Å². The summed E-state index contributed by atoms with van der Waals surface area (Å²) in [6.45, 7) is 1.89. The molecule has 3 heterocycles. The first-order chi connectivity index (χ1) is 13.6. The number of thiazole rings is 2. The Hall–Kier alpha value is -3.10. The third-order valence-electron chi connectivity index (χ3n) is 4.00. The smallest absolute Gasteiger partial charge is 0.269 e. The highest BCUT2D eigenvalue weighted by Gasteiger charge is 2.19. The lowest BCUT2D eigenvalue weighted by atomic mass is 10.1. The van der Waals surface area contributed by atoms with Crippen molar-refractivity contribution in [2.45, 2.75) is 6.92 Å². The normalized spacial score (nSPS) is 10.6. The molecule has 1 aromatic carbocycles. The Kier molecular flexibility index (Phi) is 5.14. The Morgan fingerprint density at radius 2 is 1.79 bits per heavy atom. The Bertz CT molecular complexity index is 1100. The molecule has 1 amide bonds. The quantitative estimate of drug-likeness (QED) is 0.508. The van der Waals surface area contributed by atoms with Crippen LogP contribution in [0.1, 0.15) is 14.7 Å². The number of aryl methyl sites for hydroxylation is 1. The minimum absolute atomic E-state index is 0.216. The highest BCUT2D eigenvalue weighted by atomic mass is 32.1. The Labute approximate surface area is 169 Å². The minimum atomic E-state index is -0.216. The summed E-state index contributed by atoms with van der Waals surface area (Å²) in [7, 11) is 1.62. The number of anilines is 1. The number of nitrogens with one attached hydrogen (secondary N) is 1. The average Bonchev–Trinajstić information content (AvgIpc) is 3.35. The van der Waals surface area contributed by atoms with Gasteiger partial charge in [-0.25, -0.2) is 9.97 Å². The van der Waals surface area contributed by atoms with Crippen LogP contribution in [0.2, 0.25) is 0 Å². The number of methoxy groups -OCH3 is 1. The van der Waals surface area contributed by atoms with E-state index in [1.165, 1.54) is 22.7 Å². The van der Waals surface area contributed by atoms with Crippen molar-refractivity contribution >= 4 is 33.7 Å². The monoisotopic (exact) mass is 408 g/mol. The van der Waals surface area contributed by atoms with Crippen LogP contribution in [-0.2, 0) is 0 Å². The molecule has 4 rings (SSSR count). The molecule has 0 bridgehead atoms. The molecule has 8 heteroatoms. The van der Waals surface area contributed by atoms with Crippen LogP contribution in [0.25, 0.3) is 22.5 Å². The first-order valence-electron chi connectivity index (χ1n) is 8.43. The molecule has 140 valence electrons. The highest BCUT2D eigenvalue weighted by molar-refractivity contribution is 7.15. The molecule has 6 nitrogen and oxygen atoms in total. The predicted octanol–water partition coefficient (Wildman–Crippen LogP) is 4.90. The number of hydrogen-bond donors (Lipinski definition) is 1. The van der Waals surface area contributed by atoms with Crippen LogP contribution < -0.4 is 10.1 Å². The van der Waals surface area contributed by atoms with E-state index >= 15 is 0 Å². The molecular weight excluding hydrogens is 392 g/mol. The second-order valence-corrected chi connectivity index (χ2v) is 7.93. The van der Waals surface area contributed by atoms with Crippen molar-refractivity contribution in [1.82, 2.24) is 15.0 Å². The fourth-order valence-electron chi connectivity index (χ4n) is 2.67. The van der Waals surface area contributed by atoms with Gasteiger partial charge in [0.25, 0.3) is 5.91 Å². The number of benzene rings is 1. The molecule has 3 aromatic heterocycles. The van der Waals surface area contributed by atoms with E-state index in [-0.39, 0.29) is 5.91 Å². The molecule has 0 atom stereocenters. The maximum absolute atomic E-state index is 12.9. The largest absolute Gasteiger partial charge is 0.497 e. The van der Waals surface area contributed by atoms with E-state index < -0.39 is 0 Å². The molecule has 0 aliphatic heterocycles. The number of ether oxygens (including phenoxy) is 1. The number of nitrogens with zero attached hydrogens (tertiary/aromatic N) is 3. The van der Waals surface area contributed by atoms with Crippen molar-refractivity contribution in [3.63, 3.8) is 0 Å². The first-order valence-corrected chi connectivity index (χ1v) is 10.1. The zero-order valence-electron chi connectivity index (χ0n) is 15.2. The molecule has 4 aromatic rings. The van der Waals surface area contributed by atoms with E-state index in [4.69, 9.17) is 4.74 Å². The summed E-state index contributed by atoms with van der Waals surface area (Å²) >= 11 is 2.75. The number of amides is 1. The van der Waals surface area contributed by atoms with Gasteiger partial charge in [0.15, 0.2) is 5.13 Å². The van der Waals surface area contributed by atoms with Gasteiger partial charge in [-0.1, -0.05) is 0 Å². The number of hydrogen-bond acceptors (Lipinski definition) is 7. The summed E-state index contributed by atoms with van der Waals surface area (Å²) < 4.78 is 5.20. The summed E-state index contributed by atoms with van der Waals surface area (Å²) in [5.41, 5.74) is 3.29. The highest BCUT2D eigenvalue weighted by Crippen LogP contribution is 2.31. The standard InChI is InChI=1S/C20H16N4O2S2/c1-12-22-17(14-3-5-15(26-2)6-4-14)18(28-12)19(25)24-20-23-16(11-27-20)13-7-9-21-10-8-13/h3-11H,1-2H3,(H,23,24,25). The van der Waals surface area contributed by atoms with Crippen LogP contribution in [-0.4, -0.2) is 28.0 Å². The van der Waals surface area contributed by atoms with Crippen molar-refractivity contribution in [3.05, 3.63) is 64.1 Å². The van der Waals surface area contributed by atoms with E-state index in [2.05, 4.69) is 20.3 Å². The third kappa shape index (κ3) is 3.78. The number of carbonyl (C=O) groups is 1. The average molecular weight is 409 g/mol. The van der Waals surface area contributed by atoms with E-state index in [1.807, 2.05) is 48.7 Å². The zero-order chi connectivity index (χ0) is 19.5. The number of rotatable bonds is 5. The SMILES string of the molecule is COc1ccc(-c2nc(C)sc2C(=O)Nc2nc(-c3ccncc3)cs2)cc1. The predicted molar refractivity (Wildman–Crippen MR) is 112 cm³/mol. The molecule has 0 aliphatic carbocycles. The van der Waals surface area contributed by atoms with Crippen molar-refractivity contribution in [2.24, 2.45) is 0 Å². The molecular formula is C20H16N4O2S2. The van der Waals surface area contributed by atoms with Gasteiger partial charge in [-0.3, -0.25) is 15.1 Å². The summed E-state index contributed by atoms with van der Waals surface area (Å²) in [6.07, 6.45) is 3.43. The number of pyridine rings is 1. The van der Waals surface area contributed by atoms with Gasteiger partial charge in [-0.2, -0.15) is 0 Å². The summed E-state index contributed by atoms with van der Waals surface area (Å²) in [5, 5.41) is 6.17. The number of carbonyl (C=O) groups excluding carboxylic acids is 1. The Balaban J connectivity index is 1.58. The van der Waals surface area contributed by atoms with Gasteiger partial charge in [0.2, 0.25) is 0 Å². The van der Waals surface area contributed by atoms with E-state index in [0.29, 0.717) is 15.7 Å². The lowest BCUT2D eigenvalue weighted by Gasteiger charge is -2.04. The van der Waals surface area contributed by atoms with Crippen LogP contribution in [0.15, 0.2) is 54.2 Å². The second-order valence-electron chi connectivity index (χ2n) is 5.87. The maximum atomic E-state index is 12.9. The van der Waals surface area contributed by atoms with Crippen molar-refractivity contribution < 1.29 is 9.53 Å².